The van der Waals surface area contributed by atoms with Crippen LogP contribution in [0.5, 0.6) is 0 Å². The normalized spacial score (nSPS) is 15.9. The molecule has 0 radical (unpaired) electrons. The third-order valence-electron chi connectivity index (χ3n) is 12.1. The number of fused-ring (bicyclic) bond motifs is 2. The third-order valence-corrected chi connectivity index (χ3v) is 12.1. The minimum Gasteiger partial charge on any atom is -0.369 e. The maximum Gasteiger partial charge on any atom is 0.430 e. The second-order valence-corrected chi connectivity index (χ2v) is 17.9. The van der Waals surface area contributed by atoms with Gasteiger partial charge >= 0.3 is 37.1 Å². The molecule has 0 aliphatic carbocycles. The van der Waals surface area contributed by atoms with Gasteiger partial charge < -0.3 is 10.2 Å². The molecule has 0 saturated carbocycles. The van der Waals surface area contributed by atoms with Crippen LogP contribution in [0.15, 0.2) is 72.8 Å². The van der Waals surface area contributed by atoms with Gasteiger partial charge in [-0.2, -0.15) is 79.0 Å². The number of hydrogen-bond acceptors (Lipinski definition) is 6. The molecule has 2 aliphatic heterocycles. The Morgan fingerprint density at radius 2 is 0.803 bits per heavy atom. The van der Waals surface area contributed by atoms with Gasteiger partial charge in [0.15, 0.2) is 0 Å². The molecule has 0 saturated heterocycles. The van der Waals surface area contributed by atoms with E-state index in [1.165, 1.54) is 13.8 Å². The molecule has 0 fully saturated rings. The highest BCUT2D eigenvalue weighted by Gasteiger charge is 2.75. The molecule has 26 heteroatoms. The SMILES string of the molecule is CC(C)N1C(=O)c2ccc(C(c3ccc4c(c3)C(=O)N(c3ccc(Cc5ccc(C(C)(C)C)c(C(O)(C(F)(F)F)C(F)(F)F)c5)cc3C(O)(C(F)(F)F)C(F)(F)F)C4=O)(C(F)(F)F)C(F)(F)F)cc2C1=O. The summed E-state index contributed by atoms with van der Waals surface area (Å²) in [6, 6.07) is 1.71. The monoisotopic (exact) mass is 1040 g/mol. The van der Waals surface area contributed by atoms with Crippen molar-refractivity contribution < 1.29 is 108 Å². The standard InChI is InChI=1S/C45H32F18N2O6/c1-19(2)64-32(66)24-10-8-22(17-26(24)34(64)68)37(40(46,47)48,41(49,50)51)23-9-11-25-27(18-23)35(69)65(33(25)67)31-13-7-21(16-30(31)39(71,44(58,59)60)45(61,62)63)14-20-6-12-28(36(3,4)5)29(15-20)38(70,42(52,53)54)43(55,56)57/h6-13,15-19,70-71H,14H2,1-5H3. The van der Waals surface area contributed by atoms with Crippen LogP contribution in [0.1, 0.15) is 115 Å². The third kappa shape index (κ3) is 8.07. The number of nitrogens with zero attached hydrogens (tertiary/aromatic N) is 2. The number of alkyl halides is 18. The minimum atomic E-state index is -6.89. The number of hydrogen-bond donors (Lipinski definition) is 2. The van der Waals surface area contributed by atoms with Gasteiger partial charge in [0.05, 0.1) is 27.9 Å². The fourth-order valence-electron chi connectivity index (χ4n) is 8.64. The molecule has 2 aliphatic rings. The van der Waals surface area contributed by atoms with Gasteiger partial charge in [0.1, 0.15) is 0 Å². The van der Waals surface area contributed by atoms with E-state index in [-0.39, 0.29) is 48.5 Å². The lowest BCUT2D eigenvalue weighted by atomic mass is 9.71. The van der Waals surface area contributed by atoms with Gasteiger partial charge in [0.2, 0.25) is 5.41 Å². The summed E-state index contributed by atoms with van der Waals surface area (Å²) < 4.78 is 264. The van der Waals surface area contributed by atoms with Crippen LogP contribution >= 0.6 is 0 Å². The van der Waals surface area contributed by atoms with E-state index in [4.69, 9.17) is 0 Å². The first-order chi connectivity index (χ1) is 31.9. The van der Waals surface area contributed by atoms with Crippen LogP contribution in [-0.2, 0) is 28.5 Å². The van der Waals surface area contributed by atoms with E-state index in [0.717, 1.165) is 26.8 Å². The fourth-order valence-corrected chi connectivity index (χ4v) is 8.64. The lowest BCUT2D eigenvalue weighted by molar-refractivity contribution is -0.376. The second-order valence-electron chi connectivity index (χ2n) is 17.9. The van der Waals surface area contributed by atoms with E-state index < -0.39 is 167 Å². The van der Waals surface area contributed by atoms with Crippen molar-refractivity contribution in [3.05, 3.63) is 134 Å². The lowest BCUT2D eigenvalue weighted by Gasteiger charge is -2.38. The van der Waals surface area contributed by atoms with Crippen molar-refractivity contribution in [2.45, 2.75) is 106 Å². The molecule has 0 spiro atoms. The number of halogens is 18. The summed E-state index contributed by atoms with van der Waals surface area (Å²) in [5.74, 6) is -6.55. The predicted octanol–water partition coefficient (Wildman–Crippen LogP) is 11.4. The molecular weight excluding hydrogens is 1010 g/mol. The fraction of sp³-hybridized carbons (Fsp3) is 0.378. The molecule has 2 N–H and O–H groups in total. The number of benzene rings is 4. The molecule has 8 nitrogen and oxygen atoms in total. The molecule has 384 valence electrons. The second kappa shape index (κ2) is 16.4. The summed E-state index contributed by atoms with van der Waals surface area (Å²) in [4.78, 5) is 53.7. The molecule has 4 amide bonds. The zero-order valence-electron chi connectivity index (χ0n) is 36.4. The van der Waals surface area contributed by atoms with Crippen LogP contribution < -0.4 is 4.90 Å². The molecule has 0 atom stereocenters. The van der Waals surface area contributed by atoms with E-state index >= 15 is 26.3 Å². The van der Waals surface area contributed by atoms with Crippen molar-refractivity contribution in [2.24, 2.45) is 0 Å². The van der Waals surface area contributed by atoms with Gasteiger partial charge in [-0.3, -0.25) is 24.1 Å². The molecule has 0 aromatic heterocycles. The van der Waals surface area contributed by atoms with E-state index in [1.54, 1.807) is 0 Å². The number of carbonyl (C=O) groups excluding carboxylic acids is 4. The summed E-state index contributed by atoms with van der Waals surface area (Å²) >= 11 is 0. The Labute approximate surface area is 387 Å². The van der Waals surface area contributed by atoms with Crippen molar-refractivity contribution >= 4 is 29.3 Å². The highest BCUT2D eigenvalue weighted by atomic mass is 19.4. The van der Waals surface area contributed by atoms with E-state index in [1.807, 2.05) is 0 Å². The highest BCUT2D eigenvalue weighted by Crippen LogP contribution is 2.58. The quantitative estimate of drug-likeness (QED) is 0.134. The molecule has 4 aromatic carbocycles. The first-order valence-electron chi connectivity index (χ1n) is 20.1. The minimum absolute atomic E-state index is 0.00127. The van der Waals surface area contributed by atoms with Gasteiger partial charge in [-0.15, -0.1) is 0 Å². The summed E-state index contributed by atoms with van der Waals surface area (Å²) in [5, 5.41) is 21.0. The molecule has 71 heavy (non-hydrogen) atoms. The Morgan fingerprint density at radius 1 is 0.437 bits per heavy atom. The Balaban J connectivity index is 1.56. The van der Waals surface area contributed by atoms with Gasteiger partial charge in [-0.1, -0.05) is 57.2 Å². The maximum absolute atomic E-state index is 15.3. The topological polar surface area (TPSA) is 115 Å². The van der Waals surface area contributed by atoms with Crippen LogP contribution in [0.2, 0.25) is 0 Å². The van der Waals surface area contributed by atoms with Crippen molar-refractivity contribution in [2.75, 3.05) is 4.90 Å². The molecule has 0 bridgehead atoms. The Morgan fingerprint density at radius 3 is 1.21 bits per heavy atom. The van der Waals surface area contributed by atoms with Gasteiger partial charge in [0.25, 0.3) is 34.8 Å². The van der Waals surface area contributed by atoms with Crippen LogP contribution in [0.3, 0.4) is 0 Å². The maximum atomic E-state index is 15.3. The molecular formula is C45H32F18N2O6. The number of carbonyl (C=O) groups is 4. The number of anilines is 1. The molecule has 4 aromatic rings. The largest absolute Gasteiger partial charge is 0.430 e. The number of rotatable bonds is 8. The smallest absolute Gasteiger partial charge is 0.369 e. The number of amides is 4. The Hall–Kier alpha value is -6.18. The average molecular weight is 1040 g/mol. The van der Waals surface area contributed by atoms with Gasteiger partial charge in [-0.05, 0) is 89.9 Å². The summed E-state index contributed by atoms with van der Waals surface area (Å²) in [6.07, 6.45) is -41.0. The van der Waals surface area contributed by atoms with Crippen molar-refractivity contribution in [1.29, 1.82) is 0 Å². The van der Waals surface area contributed by atoms with Crippen molar-refractivity contribution in [1.82, 2.24) is 4.90 Å². The zero-order valence-corrected chi connectivity index (χ0v) is 36.4. The molecule has 6 rings (SSSR count). The average Bonchev–Trinajstić information content (AvgIpc) is 3.60. The Kier molecular flexibility index (Phi) is 12.5. The van der Waals surface area contributed by atoms with Crippen LogP contribution in [0.25, 0.3) is 0 Å². The lowest BCUT2D eigenvalue weighted by Crippen LogP contribution is -2.55. The number of imide groups is 2. The van der Waals surface area contributed by atoms with E-state index in [9.17, 15) is 82.1 Å². The first-order valence-corrected chi connectivity index (χ1v) is 20.1. The van der Waals surface area contributed by atoms with Crippen LogP contribution in [-0.4, -0.2) is 81.8 Å². The van der Waals surface area contributed by atoms with Crippen LogP contribution in [0, 0.1) is 0 Å². The van der Waals surface area contributed by atoms with Crippen molar-refractivity contribution in [3.63, 3.8) is 0 Å². The van der Waals surface area contributed by atoms with Gasteiger partial charge in [-0.25, -0.2) is 4.90 Å². The van der Waals surface area contributed by atoms with Crippen molar-refractivity contribution in [3.8, 4) is 0 Å². The highest BCUT2D eigenvalue weighted by molar-refractivity contribution is 6.34. The molecule has 0 unspecified atom stereocenters. The number of aliphatic hydroxyl groups is 2. The predicted molar refractivity (Wildman–Crippen MR) is 209 cm³/mol. The first kappa shape index (κ1) is 54.2. The van der Waals surface area contributed by atoms with E-state index in [2.05, 4.69) is 0 Å². The summed E-state index contributed by atoms with van der Waals surface area (Å²) in [7, 11) is 0. The molecule has 2 heterocycles. The van der Waals surface area contributed by atoms with Gasteiger partial charge in [0, 0.05) is 17.2 Å². The van der Waals surface area contributed by atoms with E-state index in [0.29, 0.717) is 23.1 Å². The zero-order chi connectivity index (χ0) is 54.2. The Bertz CT molecular complexity index is 2820. The summed E-state index contributed by atoms with van der Waals surface area (Å²) in [5.41, 5.74) is -35.3. The summed E-state index contributed by atoms with van der Waals surface area (Å²) in [6.45, 7) is 5.98. The van der Waals surface area contributed by atoms with Crippen LogP contribution in [0.4, 0.5) is 84.7 Å².